The molecule has 1 aliphatic rings. The van der Waals surface area contributed by atoms with E-state index in [-0.39, 0.29) is 17.7 Å². The quantitative estimate of drug-likeness (QED) is 0.881. The Hall–Kier alpha value is -2.30. The maximum atomic E-state index is 12.6. The molecule has 5 heteroatoms. The highest BCUT2D eigenvalue weighted by Crippen LogP contribution is 2.48. The molecule has 0 aliphatic heterocycles. The Morgan fingerprint density at radius 3 is 2.29 bits per heavy atom. The molecule has 0 spiro atoms. The van der Waals surface area contributed by atoms with Gasteiger partial charge in [-0.15, -0.1) is 0 Å². The van der Waals surface area contributed by atoms with Gasteiger partial charge in [0.05, 0.1) is 5.56 Å². The molecule has 2 nitrogen and oxygen atoms in total. The molecule has 2 aromatic carbocycles. The predicted octanol–water partition coefficient (Wildman–Crippen LogP) is 4.43. The normalized spacial score (nSPS) is 19.8. The number of carbonyl (C=O) groups excluding carboxylic acids is 1. The van der Waals surface area contributed by atoms with Gasteiger partial charge in [0.2, 0.25) is 5.91 Å². The fourth-order valence-electron chi connectivity index (χ4n) is 2.80. The zero-order valence-corrected chi connectivity index (χ0v) is 13.2. The van der Waals surface area contributed by atoms with Gasteiger partial charge in [0, 0.05) is 12.5 Å². The Kier molecular flexibility index (Phi) is 4.35. The van der Waals surface area contributed by atoms with Gasteiger partial charge in [-0.25, -0.2) is 0 Å². The molecule has 0 aromatic heterocycles. The number of amides is 1. The first-order chi connectivity index (χ1) is 11.3. The molecule has 1 fully saturated rings. The molecule has 2 aromatic rings. The Labute approximate surface area is 138 Å². The summed E-state index contributed by atoms with van der Waals surface area (Å²) in [4.78, 5) is 12.2. The number of carbonyl (C=O) groups is 1. The van der Waals surface area contributed by atoms with Crippen LogP contribution in [-0.2, 0) is 17.5 Å². The monoisotopic (exact) mass is 333 g/mol. The van der Waals surface area contributed by atoms with E-state index < -0.39 is 11.7 Å². The average Bonchev–Trinajstić information content (AvgIpc) is 3.34. The van der Waals surface area contributed by atoms with E-state index in [4.69, 9.17) is 0 Å². The summed E-state index contributed by atoms with van der Waals surface area (Å²) in [7, 11) is 0. The number of nitrogens with one attached hydrogen (secondary N) is 1. The van der Waals surface area contributed by atoms with Crippen molar-refractivity contribution in [3.8, 4) is 0 Å². The van der Waals surface area contributed by atoms with Gasteiger partial charge in [-0.3, -0.25) is 4.79 Å². The number of hydrogen-bond donors (Lipinski definition) is 1. The molecule has 0 radical (unpaired) electrons. The van der Waals surface area contributed by atoms with E-state index in [0.29, 0.717) is 13.0 Å². The molecule has 0 heterocycles. The van der Waals surface area contributed by atoms with Crippen LogP contribution in [-0.4, -0.2) is 5.91 Å². The minimum absolute atomic E-state index is 0.0188. The minimum Gasteiger partial charge on any atom is -0.352 e. The molecule has 1 N–H and O–H groups in total. The lowest BCUT2D eigenvalue weighted by atomic mass is 10.1. The molecule has 24 heavy (non-hydrogen) atoms. The minimum atomic E-state index is -4.33. The van der Waals surface area contributed by atoms with Crippen molar-refractivity contribution < 1.29 is 18.0 Å². The van der Waals surface area contributed by atoms with Gasteiger partial charge >= 0.3 is 6.18 Å². The van der Waals surface area contributed by atoms with Crippen molar-refractivity contribution in [2.75, 3.05) is 0 Å². The van der Waals surface area contributed by atoms with E-state index in [1.165, 1.54) is 12.1 Å². The Balaban J connectivity index is 1.54. The van der Waals surface area contributed by atoms with Crippen molar-refractivity contribution >= 4 is 5.91 Å². The summed E-state index contributed by atoms with van der Waals surface area (Å²) in [6.45, 7) is 2.47. The summed E-state index contributed by atoms with van der Waals surface area (Å²) in [5, 5.41) is 2.90. The summed E-state index contributed by atoms with van der Waals surface area (Å²) < 4.78 is 37.7. The van der Waals surface area contributed by atoms with Crippen LogP contribution in [0.25, 0.3) is 0 Å². The first-order valence-electron chi connectivity index (χ1n) is 7.85. The van der Waals surface area contributed by atoms with Crippen LogP contribution >= 0.6 is 0 Å². The lowest BCUT2D eigenvalue weighted by molar-refractivity contribution is -0.137. The van der Waals surface area contributed by atoms with E-state index >= 15 is 0 Å². The Morgan fingerprint density at radius 1 is 1.08 bits per heavy atom. The molecule has 0 bridgehead atoms. The van der Waals surface area contributed by atoms with Crippen molar-refractivity contribution in [1.82, 2.24) is 5.32 Å². The number of hydrogen-bond acceptors (Lipinski definition) is 1. The predicted molar refractivity (Wildman–Crippen MR) is 85.3 cm³/mol. The van der Waals surface area contributed by atoms with E-state index in [0.717, 1.165) is 28.8 Å². The highest BCUT2D eigenvalue weighted by atomic mass is 19.4. The third-order valence-electron chi connectivity index (χ3n) is 4.38. The van der Waals surface area contributed by atoms with Gasteiger partial charge in [0.25, 0.3) is 0 Å². The van der Waals surface area contributed by atoms with E-state index in [9.17, 15) is 18.0 Å². The van der Waals surface area contributed by atoms with Crippen molar-refractivity contribution in [1.29, 1.82) is 0 Å². The molecule has 2 unspecified atom stereocenters. The highest BCUT2D eigenvalue weighted by molar-refractivity contribution is 5.82. The fraction of sp³-hybridized carbons (Fsp3) is 0.316. The SMILES string of the molecule is Cc1ccc(CNC(=O)C2CC2c2ccc(C(F)(F)F)cc2)cc1. The van der Waals surface area contributed by atoms with E-state index in [2.05, 4.69) is 5.32 Å². The zero-order valence-electron chi connectivity index (χ0n) is 13.2. The summed E-state index contributed by atoms with van der Waals surface area (Å²) in [6.07, 6.45) is -3.64. The lowest BCUT2D eigenvalue weighted by Crippen LogP contribution is -2.24. The van der Waals surface area contributed by atoms with Gasteiger partial charge < -0.3 is 5.32 Å². The van der Waals surface area contributed by atoms with Crippen LogP contribution in [0.1, 0.15) is 34.6 Å². The van der Waals surface area contributed by atoms with Gasteiger partial charge in [-0.05, 0) is 42.5 Å². The third-order valence-corrected chi connectivity index (χ3v) is 4.38. The second-order valence-corrected chi connectivity index (χ2v) is 6.27. The van der Waals surface area contributed by atoms with Crippen LogP contribution in [0.3, 0.4) is 0 Å². The number of benzene rings is 2. The van der Waals surface area contributed by atoms with Gasteiger partial charge in [-0.2, -0.15) is 13.2 Å². The summed E-state index contributed by atoms with van der Waals surface area (Å²) in [5.41, 5.74) is 2.32. The summed E-state index contributed by atoms with van der Waals surface area (Å²) in [5.74, 6) is -0.169. The smallest absolute Gasteiger partial charge is 0.352 e. The number of aryl methyl sites for hydroxylation is 1. The first kappa shape index (κ1) is 16.6. The number of halogens is 3. The summed E-state index contributed by atoms with van der Waals surface area (Å²) >= 11 is 0. The van der Waals surface area contributed by atoms with Crippen LogP contribution in [0.2, 0.25) is 0 Å². The third kappa shape index (κ3) is 3.78. The zero-order chi connectivity index (χ0) is 17.3. The molecular formula is C19H18F3NO. The van der Waals surface area contributed by atoms with E-state index in [1.807, 2.05) is 31.2 Å². The van der Waals surface area contributed by atoms with Gasteiger partial charge in [0.15, 0.2) is 0 Å². The van der Waals surface area contributed by atoms with Crippen molar-refractivity contribution in [3.05, 3.63) is 70.8 Å². The van der Waals surface area contributed by atoms with Crippen LogP contribution < -0.4 is 5.32 Å². The van der Waals surface area contributed by atoms with Crippen molar-refractivity contribution in [3.63, 3.8) is 0 Å². The largest absolute Gasteiger partial charge is 0.416 e. The van der Waals surface area contributed by atoms with Crippen LogP contribution in [0.15, 0.2) is 48.5 Å². The lowest BCUT2D eigenvalue weighted by Gasteiger charge is -2.08. The standard InChI is InChI=1S/C19H18F3NO/c1-12-2-4-13(5-3-12)11-23-18(24)17-10-16(17)14-6-8-15(9-7-14)19(20,21)22/h2-9,16-17H,10-11H2,1H3,(H,23,24). The van der Waals surface area contributed by atoms with Crippen molar-refractivity contribution in [2.24, 2.45) is 5.92 Å². The van der Waals surface area contributed by atoms with Crippen LogP contribution in [0.4, 0.5) is 13.2 Å². The van der Waals surface area contributed by atoms with Crippen molar-refractivity contribution in [2.45, 2.75) is 32.0 Å². The molecule has 1 saturated carbocycles. The summed E-state index contributed by atoms with van der Waals surface area (Å²) in [6, 6.07) is 13.0. The highest BCUT2D eigenvalue weighted by Gasteiger charge is 2.44. The first-order valence-corrected chi connectivity index (χ1v) is 7.85. The average molecular weight is 333 g/mol. The molecule has 1 amide bonds. The topological polar surface area (TPSA) is 29.1 Å². The molecule has 3 rings (SSSR count). The molecule has 2 atom stereocenters. The molecule has 126 valence electrons. The van der Waals surface area contributed by atoms with Gasteiger partial charge in [0.1, 0.15) is 0 Å². The molecule has 1 aliphatic carbocycles. The Morgan fingerprint density at radius 2 is 1.71 bits per heavy atom. The van der Waals surface area contributed by atoms with Gasteiger partial charge in [-0.1, -0.05) is 42.0 Å². The maximum absolute atomic E-state index is 12.6. The number of rotatable bonds is 4. The Bertz CT molecular complexity index is 720. The molecular weight excluding hydrogens is 315 g/mol. The second kappa shape index (κ2) is 6.30. The molecule has 0 saturated heterocycles. The second-order valence-electron chi connectivity index (χ2n) is 6.27. The van der Waals surface area contributed by atoms with Crippen LogP contribution in [0.5, 0.6) is 0 Å². The van der Waals surface area contributed by atoms with E-state index in [1.54, 1.807) is 0 Å². The van der Waals surface area contributed by atoms with Crippen LogP contribution in [0, 0.1) is 12.8 Å². The maximum Gasteiger partial charge on any atom is 0.416 e. The fourth-order valence-corrected chi connectivity index (χ4v) is 2.80. The number of alkyl halides is 3.